The van der Waals surface area contributed by atoms with E-state index in [2.05, 4.69) is 0 Å². The standard InChI is InChI=1S/C15H25NO5/c1-14(2,3)20-12(18)11-9-10(17)7-8-16(11)13(19)21-15(4,5)6/h11H,7-9H2,1-6H3/t11-/m1/s1. The normalized spacial score (nSPS) is 20.2. The van der Waals surface area contributed by atoms with Crippen LogP contribution in [0.2, 0.25) is 0 Å². The average molecular weight is 299 g/mol. The van der Waals surface area contributed by atoms with E-state index in [4.69, 9.17) is 9.47 Å². The molecule has 0 radical (unpaired) electrons. The minimum atomic E-state index is -0.902. The summed E-state index contributed by atoms with van der Waals surface area (Å²) in [5, 5.41) is 0. The predicted molar refractivity (Wildman–Crippen MR) is 76.8 cm³/mol. The lowest BCUT2D eigenvalue weighted by Gasteiger charge is -2.36. The zero-order chi connectivity index (χ0) is 16.4. The Morgan fingerprint density at radius 3 is 2.05 bits per heavy atom. The number of ether oxygens (including phenoxy) is 2. The molecule has 1 atom stereocenters. The quantitative estimate of drug-likeness (QED) is 0.695. The van der Waals surface area contributed by atoms with E-state index in [0.29, 0.717) is 0 Å². The van der Waals surface area contributed by atoms with Crippen LogP contribution in [0.15, 0.2) is 0 Å². The molecular formula is C15H25NO5. The summed E-state index contributed by atoms with van der Waals surface area (Å²) in [6, 6.07) is -0.902. The summed E-state index contributed by atoms with van der Waals surface area (Å²) in [6.07, 6.45) is -0.377. The first-order valence-electron chi connectivity index (χ1n) is 7.13. The molecule has 6 nitrogen and oxygen atoms in total. The molecule has 120 valence electrons. The van der Waals surface area contributed by atoms with Gasteiger partial charge in [0.1, 0.15) is 23.0 Å². The fourth-order valence-electron chi connectivity index (χ4n) is 1.95. The molecule has 0 aromatic carbocycles. The molecule has 0 N–H and O–H groups in total. The highest BCUT2D eigenvalue weighted by Gasteiger charge is 2.39. The second kappa shape index (κ2) is 6.03. The number of ketones is 1. The number of nitrogens with zero attached hydrogens (tertiary/aromatic N) is 1. The number of piperidine rings is 1. The number of rotatable bonds is 1. The summed E-state index contributed by atoms with van der Waals surface area (Å²) in [5.41, 5.74) is -1.33. The zero-order valence-electron chi connectivity index (χ0n) is 13.7. The van der Waals surface area contributed by atoms with Crippen molar-refractivity contribution in [1.29, 1.82) is 0 Å². The van der Waals surface area contributed by atoms with Gasteiger partial charge < -0.3 is 9.47 Å². The van der Waals surface area contributed by atoms with Gasteiger partial charge >= 0.3 is 12.1 Å². The Balaban J connectivity index is 2.86. The molecule has 0 aliphatic carbocycles. The molecule has 1 rings (SSSR count). The molecule has 0 aromatic heterocycles. The molecule has 1 saturated heterocycles. The molecule has 0 unspecified atom stereocenters. The van der Waals surface area contributed by atoms with Gasteiger partial charge in [-0.1, -0.05) is 0 Å². The maximum Gasteiger partial charge on any atom is 0.411 e. The number of carbonyl (C=O) groups excluding carboxylic acids is 3. The Morgan fingerprint density at radius 2 is 1.57 bits per heavy atom. The Hall–Kier alpha value is -1.59. The van der Waals surface area contributed by atoms with Gasteiger partial charge in [0.2, 0.25) is 0 Å². The first kappa shape index (κ1) is 17.5. The first-order chi connectivity index (χ1) is 9.39. The number of likely N-dealkylation sites (tertiary alicyclic amines) is 1. The molecule has 21 heavy (non-hydrogen) atoms. The lowest BCUT2D eigenvalue weighted by atomic mass is 10.0. The third-order valence-electron chi connectivity index (χ3n) is 2.74. The van der Waals surface area contributed by atoms with Crippen LogP contribution in [0.4, 0.5) is 4.79 Å². The molecule has 1 aliphatic heterocycles. The summed E-state index contributed by atoms with van der Waals surface area (Å²) in [5.74, 6) is -0.618. The maximum absolute atomic E-state index is 12.2. The Morgan fingerprint density at radius 1 is 1.05 bits per heavy atom. The molecule has 1 amide bonds. The molecule has 1 aliphatic rings. The number of amides is 1. The molecule has 1 fully saturated rings. The van der Waals surface area contributed by atoms with E-state index < -0.39 is 29.3 Å². The summed E-state index contributed by atoms with van der Waals surface area (Å²) in [4.78, 5) is 37.3. The second-order valence-corrected chi connectivity index (χ2v) is 7.22. The largest absolute Gasteiger partial charge is 0.458 e. The van der Waals surface area contributed by atoms with Gasteiger partial charge in [0.15, 0.2) is 0 Å². The minimum absolute atomic E-state index is 0.0197. The van der Waals surface area contributed by atoms with Crippen molar-refractivity contribution in [2.24, 2.45) is 0 Å². The lowest BCUT2D eigenvalue weighted by Crippen LogP contribution is -2.53. The van der Waals surface area contributed by atoms with Crippen molar-refractivity contribution >= 4 is 17.8 Å². The maximum atomic E-state index is 12.2. The number of carbonyl (C=O) groups is 3. The topological polar surface area (TPSA) is 72.9 Å². The van der Waals surface area contributed by atoms with E-state index in [1.807, 2.05) is 0 Å². The van der Waals surface area contributed by atoms with Crippen molar-refractivity contribution < 1.29 is 23.9 Å². The van der Waals surface area contributed by atoms with E-state index in [1.54, 1.807) is 41.5 Å². The molecule has 0 saturated carbocycles. The molecule has 6 heteroatoms. The van der Waals surface area contributed by atoms with E-state index in [0.717, 1.165) is 0 Å². The van der Waals surface area contributed by atoms with Crippen LogP contribution in [0.3, 0.4) is 0 Å². The van der Waals surface area contributed by atoms with Crippen LogP contribution in [0.25, 0.3) is 0 Å². The fraction of sp³-hybridized carbons (Fsp3) is 0.800. The van der Waals surface area contributed by atoms with Crippen LogP contribution >= 0.6 is 0 Å². The summed E-state index contributed by atoms with van der Waals surface area (Å²) in [7, 11) is 0. The van der Waals surface area contributed by atoms with E-state index in [-0.39, 0.29) is 25.2 Å². The van der Waals surface area contributed by atoms with Crippen LogP contribution in [-0.4, -0.2) is 46.5 Å². The number of hydrogen-bond acceptors (Lipinski definition) is 5. The average Bonchev–Trinajstić information content (AvgIpc) is 2.23. The van der Waals surface area contributed by atoms with Gasteiger partial charge in [-0.05, 0) is 41.5 Å². The highest BCUT2D eigenvalue weighted by atomic mass is 16.6. The van der Waals surface area contributed by atoms with Crippen LogP contribution in [-0.2, 0) is 19.1 Å². The van der Waals surface area contributed by atoms with Gasteiger partial charge in [0, 0.05) is 19.4 Å². The van der Waals surface area contributed by atoms with Crippen LogP contribution in [0.1, 0.15) is 54.4 Å². The molecular weight excluding hydrogens is 274 g/mol. The Bertz CT molecular complexity index is 430. The Labute approximate surface area is 125 Å². The van der Waals surface area contributed by atoms with Crippen LogP contribution in [0, 0.1) is 0 Å². The highest BCUT2D eigenvalue weighted by molar-refractivity contribution is 5.91. The SMILES string of the molecule is CC(C)(C)OC(=O)[C@H]1CC(=O)CCN1C(=O)OC(C)(C)C. The number of Topliss-reactive ketones (excluding diaryl/α,β-unsaturated/α-hetero) is 1. The third kappa shape index (κ3) is 5.73. The third-order valence-corrected chi connectivity index (χ3v) is 2.74. The van der Waals surface area contributed by atoms with Crippen molar-refractivity contribution in [2.75, 3.05) is 6.54 Å². The fourth-order valence-corrected chi connectivity index (χ4v) is 1.95. The predicted octanol–water partition coefficient (Wildman–Crippen LogP) is 2.30. The monoisotopic (exact) mass is 299 g/mol. The number of esters is 1. The van der Waals surface area contributed by atoms with E-state index in [9.17, 15) is 14.4 Å². The van der Waals surface area contributed by atoms with E-state index >= 15 is 0 Å². The van der Waals surface area contributed by atoms with Crippen molar-refractivity contribution in [3.8, 4) is 0 Å². The lowest BCUT2D eigenvalue weighted by molar-refractivity contribution is -0.163. The first-order valence-corrected chi connectivity index (χ1v) is 7.13. The van der Waals surface area contributed by atoms with Crippen molar-refractivity contribution in [3.05, 3.63) is 0 Å². The molecule has 0 aromatic rings. The molecule has 0 bridgehead atoms. The molecule has 0 spiro atoms. The van der Waals surface area contributed by atoms with Gasteiger partial charge in [-0.3, -0.25) is 9.69 Å². The number of hydrogen-bond donors (Lipinski definition) is 0. The van der Waals surface area contributed by atoms with Gasteiger partial charge in [-0.25, -0.2) is 9.59 Å². The Kier molecular flexibility index (Phi) is 5.02. The van der Waals surface area contributed by atoms with Gasteiger partial charge in [-0.2, -0.15) is 0 Å². The highest BCUT2D eigenvalue weighted by Crippen LogP contribution is 2.21. The van der Waals surface area contributed by atoms with Crippen molar-refractivity contribution in [1.82, 2.24) is 4.90 Å². The van der Waals surface area contributed by atoms with E-state index in [1.165, 1.54) is 4.90 Å². The summed E-state index contributed by atoms with van der Waals surface area (Å²) >= 11 is 0. The van der Waals surface area contributed by atoms with Crippen molar-refractivity contribution in [2.45, 2.75) is 71.6 Å². The summed E-state index contributed by atoms with van der Waals surface area (Å²) < 4.78 is 10.6. The van der Waals surface area contributed by atoms with Crippen LogP contribution in [0.5, 0.6) is 0 Å². The van der Waals surface area contributed by atoms with Gasteiger partial charge in [-0.15, -0.1) is 0 Å². The van der Waals surface area contributed by atoms with Gasteiger partial charge in [0.25, 0.3) is 0 Å². The summed E-state index contributed by atoms with van der Waals surface area (Å²) in [6.45, 7) is 10.7. The van der Waals surface area contributed by atoms with Crippen molar-refractivity contribution in [3.63, 3.8) is 0 Å². The minimum Gasteiger partial charge on any atom is -0.458 e. The zero-order valence-corrected chi connectivity index (χ0v) is 13.7. The molecule has 1 heterocycles. The van der Waals surface area contributed by atoms with Crippen LogP contribution < -0.4 is 0 Å². The smallest absolute Gasteiger partial charge is 0.411 e. The second-order valence-electron chi connectivity index (χ2n) is 7.22. The van der Waals surface area contributed by atoms with Gasteiger partial charge in [0.05, 0.1) is 0 Å².